The van der Waals surface area contributed by atoms with Gasteiger partial charge in [0.2, 0.25) is 11.8 Å². The quantitative estimate of drug-likeness (QED) is 0.806. The van der Waals surface area contributed by atoms with E-state index in [1.165, 1.54) is 18.4 Å². The first kappa shape index (κ1) is 17.0. The average Bonchev–Trinajstić information content (AvgIpc) is 3.25. The van der Waals surface area contributed by atoms with Gasteiger partial charge in [-0.15, -0.1) is 0 Å². The number of benzene rings is 1. The number of likely N-dealkylation sites (tertiary alicyclic amines) is 1. The Balaban J connectivity index is 1.56. The Bertz CT molecular complexity index is 566. The summed E-state index contributed by atoms with van der Waals surface area (Å²) < 4.78 is 0. The summed E-state index contributed by atoms with van der Waals surface area (Å²) in [5.74, 6) is 0.181. The zero-order chi connectivity index (χ0) is 16.9. The molecular formula is C20H28N2O2. The van der Waals surface area contributed by atoms with Crippen LogP contribution in [0.5, 0.6) is 0 Å². The second-order valence-corrected chi connectivity index (χ2v) is 7.04. The molecule has 24 heavy (non-hydrogen) atoms. The van der Waals surface area contributed by atoms with Crippen molar-refractivity contribution < 1.29 is 9.59 Å². The van der Waals surface area contributed by atoms with Crippen molar-refractivity contribution >= 4 is 11.8 Å². The van der Waals surface area contributed by atoms with E-state index in [2.05, 4.69) is 19.1 Å². The number of hydrogen-bond acceptors (Lipinski definition) is 2. The maximum absolute atomic E-state index is 12.9. The van der Waals surface area contributed by atoms with E-state index in [9.17, 15) is 9.59 Å². The van der Waals surface area contributed by atoms with Gasteiger partial charge in [0, 0.05) is 32.1 Å². The Labute approximate surface area is 144 Å². The lowest BCUT2D eigenvalue weighted by atomic mass is 10.1. The molecule has 3 rings (SSSR count). The molecule has 0 spiro atoms. The van der Waals surface area contributed by atoms with Crippen LogP contribution in [0.4, 0.5) is 0 Å². The molecule has 1 aromatic carbocycles. The smallest absolute Gasteiger partial charge is 0.228 e. The van der Waals surface area contributed by atoms with Crippen molar-refractivity contribution in [2.45, 2.75) is 51.5 Å². The first-order chi connectivity index (χ1) is 11.7. The van der Waals surface area contributed by atoms with E-state index in [4.69, 9.17) is 0 Å². The van der Waals surface area contributed by atoms with E-state index >= 15 is 0 Å². The van der Waals surface area contributed by atoms with Gasteiger partial charge in [-0.05, 0) is 31.7 Å². The van der Waals surface area contributed by atoms with Crippen LogP contribution in [0.3, 0.4) is 0 Å². The maximum Gasteiger partial charge on any atom is 0.228 e. The third kappa shape index (κ3) is 3.80. The molecule has 1 saturated carbocycles. The van der Waals surface area contributed by atoms with Crippen LogP contribution in [0.1, 0.15) is 44.6 Å². The fourth-order valence-corrected chi connectivity index (χ4v) is 4.11. The largest absolute Gasteiger partial charge is 0.342 e. The summed E-state index contributed by atoms with van der Waals surface area (Å²) in [5, 5.41) is 0. The highest BCUT2D eigenvalue weighted by molar-refractivity contribution is 5.89. The SMILES string of the molecule is CCN(C(=O)C1CC(=O)N(CCc2ccccc2)C1)C1CCCC1. The summed E-state index contributed by atoms with van der Waals surface area (Å²) in [6.45, 7) is 4.12. The molecule has 1 aliphatic heterocycles. The van der Waals surface area contributed by atoms with Crippen LogP contribution >= 0.6 is 0 Å². The molecule has 0 aromatic heterocycles. The molecule has 1 heterocycles. The van der Waals surface area contributed by atoms with Gasteiger partial charge in [-0.3, -0.25) is 9.59 Å². The van der Waals surface area contributed by atoms with Crippen molar-refractivity contribution in [3.63, 3.8) is 0 Å². The van der Waals surface area contributed by atoms with Crippen LogP contribution in [0.2, 0.25) is 0 Å². The first-order valence-corrected chi connectivity index (χ1v) is 9.31. The zero-order valence-corrected chi connectivity index (χ0v) is 14.6. The maximum atomic E-state index is 12.9. The van der Waals surface area contributed by atoms with Gasteiger partial charge in [0.05, 0.1) is 5.92 Å². The molecule has 0 radical (unpaired) electrons. The first-order valence-electron chi connectivity index (χ1n) is 9.31. The number of hydrogen-bond donors (Lipinski definition) is 0. The number of rotatable bonds is 6. The Hall–Kier alpha value is -1.84. The van der Waals surface area contributed by atoms with Crippen molar-refractivity contribution in [2.24, 2.45) is 5.92 Å². The minimum atomic E-state index is -0.145. The van der Waals surface area contributed by atoms with Crippen LogP contribution in [0, 0.1) is 5.92 Å². The molecule has 1 atom stereocenters. The summed E-state index contributed by atoms with van der Waals surface area (Å²) in [6.07, 6.45) is 5.93. The van der Waals surface area contributed by atoms with Crippen molar-refractivity contribution in [3.8, 4) is 0 Å². The van der Waals surface area contributed by atoms with Crippen LogP contribution < -0.4 is 0 Å². The van der Waals surface area contributed by atoms with Gasteiger partial charge in [0.1, 0.15) is 0 Å². The summed E-state index contributed by atoms with van der Waals surface area (Å²) in [6, 6.07) is 10.6. The lowest BCUT2D eigenvalue weighted by molar-refractivity contribution is -0.137. The van der Waals surface area contributed by atoms with Gasteiger partial charge >= 0.3 is 0 Å². The van der Waals surface area contributed by atoms with E-state index in [1.807, 2.05) is 28.0 Å². The normalized spacial score (nSPS) is 21.5. The molecule has 1 unspecified atom stereocenters. The minimum Gasteiger partial charge on any atom is -0.342 e. The monoisotopic (exact) mass is 328 g/mol. The number of carbonyl (C=O) groups is 2. The van der Waals surface area contributed by atoms with Gasteiger partial charge in [-0.1, -0.05) is 43.2 Å². The fourth-order valence-electron chi connectivity index (χ4n) is 4.11. The molecule has 2 aliphatic rings. The Morgan fingerprint density at radius 1 is 1.21 bits per heavy atom. The van der Waals surface area contributed by atoms with E-state index in [0.717, 1.165) is 25.8 Å². The predicted octanol–water partition coefficient (Wildman–Crippen LogP) is 2.87. The molecule has 2 amide bonds. The van der Waals surface area contributed by atoms with Gasteiger partial charge in [-0.25, -0.2) is 0 Å². The number of amides is 2. The molecule has 0 bridgehead atoms. The molecular weight excluding hydrogens is 300 g/mol. The van der Waals surface area contributed by atoms with Crippen molar-refractivity contribution in [2.75, 3.05) is 19.6 Å². The Kier molecular flexibility index (Phi) is 5.54. The van der Waals surface area contributed by atoms with Gasteiger partial charge in [0.25, 0.3) is 0 Å². The van der Waals surface area contributed by atoms with E-state index in [-0.39, 0.29) is 17.7 Å². The minimum absolute atomic E-state index is 0.131. The lowest BCUT2D eigenvalue weighted by Crippen LogP contribution is -2.43. The molecule has 130 valence electrons. The molecule has 1 saturated heterocycles. The Morgan fingerprint density at radius 3 is 2.58 bits per heavy atom. The van der Waals surface area contributed by atoms with Gasteiger partial charge < -0.3 is 9.80 Å². The Morgan fingerprint density at radius 2 is 1.92 bits per heavy atom. The standard InChI is InChI=1S/C20H28N2O2/c1-2-22(18-10-6-7-11-18)20(24)17-14-19(23)21(15-17)13-12-16-8-4-3-5-9-16/h3-5,8-9,17-18H,2,6-7,10-15H2,1H3. The molecule has 4 nitrogen and oxygen atoms in total. The predicted molar refractivity (Wildman–Crippen MR) is 94.5 cm³/mol. The summed E-state index contributed by atoms with van der Waals surface area (Å²) >= 11 is 0. The fraction of sp³-hybridized carbons (Fsp3) is 0.600. The molecule has 1 aromatic rings. The average molecular weight is 328 g/mol. The van der Waals surface area contributed by atoms with Gasteiger partial charge in [0.15, 0.2) is 0 Å². The van der Waals surface area contributed by atoms with Crippen LogP contribution in [-0.2, 0) is 16.0 Å². The highest BCUT2D eigenvalue weighted by Crippen LogP contribution is 2.27. The van der Waals surface area contributed by atoms with E-state index in [0.29, 0.717) is 25.6 Å². The lowest BCUT2D eigenvalue weighted by Gasteiger charge is -2.30. The van der Waals surface area contributed by atoms with E-state index in [1.54, 1.807) is 0 Å². The summed E-state index contributed by atoms with van der Waals surface area (Å²) in [7, 11) is 0. The third-order valence-electron chi connectivity index (χ3n) is 5.47. The van der Waals surface area contributed by atoms with E-state index < -0.39 is 0 Å². The second kappa shape index (κ2) is 7.82. The highest BCUT2D eigenvalue weighted by atomic mass is 16.2. The number of nitrogens with zero attached hydrogens (tertiary/aromatic N) is 2. The summed E-state index contributed by atoms with van der Waals surface area (Å²) in [4.78, 5) is 29.1. The van der Waals surface area contributed by atoms with Crippen LogP contribution in [-0.4, -0.2) is 47.3 Å². The summed E-state index contributed by atoms with van der Waals surface area (Å²) in [5.41, 5.74) is 1.24. The number of carbonyl (C=O) groups excluding carboxylic acids is 2. The van der Waals surface area contributed by atoms with Crippen molar-refractivity contribution in [1.82, 2.24) is 9.80 Å². The second-order valence-electron chi connectivity index (χ2n) is 7.04. The molecule has 0 N–H and O–H groups in total. The topological polar surface area (TPSA) is 40.6 Å². The molecule has 4 heteroatoms. The highest BCUT2D eigenvalue weighted by Gasteiger charge is 2.38. The van der Waals surface area contributed by atoms with Crippen LogP contribution in [0.25, 0.3) is 0 Å². The van der Waals surface area contributed by atoms with Crippen molar-refractivity contribution in [1.29, 1.82) is 0 Å². The van der Waals surface area contributed by atoms with Gasteiger partial charge in [-0.2, -0.15) is 0 Å². The molecule has 2 fully saturated rings. The van der Waals surface area contributed by atoms with Crippen LogP contribution in [0.15, 0.2) is 30.3 Å². The third-order valence-corrected chi connectivity index (χ3v) is 5.47. The zero-order valence-electron chi connectivity index (χ0n) is 14.6. The van der Waals surface area contributed by atoms with Crippen molar-refractivity contribution in [3.05, 3.63) is 35.9 Å². The molecule has 1 aliphatic carbocycles.